The summed E-state index contributed by atoms with van der Waals surface area (Å²) in [5, 5.41) is 0. The number of thiocarbonyl (C=S) groups is 1. The van der Waals surface area contributed by atoms with Crippen molar-refractivity contribution in [1.82, 2.24) is 0 Å². The summed E-state index contributed by atoms with van der Waals surface area (Å²) in [6, 6.07) is 0. The molecular formula is C9H16O3S. The van der Waals surface area contributed by atoms with E-state index in [1.165, 1.54) is 0 Å². The molecule has 76 valence electrons. The molecule has 4 heteroatoms. The van der Waals surface area contributed by atoms with E-state index in [1.54, 1.807) is 7.11 Å². The molecule has 13 heavy (non-hydrogen) atoms. The summed E-state index contributed by atoms with van der Waals surface area (Å²) in [5.74, 6) is 0. The summed E-state index contributed by atoms with van der Waals surface area (Å²) in [7, 11) is 1.66. The van der Waals surface area contributed by atoms with Gasteiger partial charge >= 0.3 is 0 Å². The third-order valence-electron chi connectivity index (χ3n) is 1.78. The van der Waals surface area contributed by atoms with Crippen LogP contribution in [-0.4, -0.2) is 31.2 Å². The Hall–Kier alpha value is -0.480. The number of unbranched alkanes of at least 4 members (excludes halogenated alkanes) is 1. The minimum absolute atomic E-state index is 0.0613. The fraction of sp³-hybridized carbons (Fsp3) is 0.778. The molecule has 0 radical (unpaired) electrons. The molecule has 3 nitrogen and oxygen atoms in total. The molecule has 0 aliphatic rings. The molecule has 0 saturated heterocycles. The molecule has 0 aromatic rings. The summed E-state index contributed by atoms with van der Waals surface area (Å²) < 4.78 is 9.72. The van der Waals surface area contributed by atoms with Crippen molar-refractivity contribution in [3.8, 4) is 0 Å². The summed E-state index contributed by atoms with van der Waals surface area (Å²) >= 11 is 5.00. The van der Waals surface area contributed by atoms with E-state index in [1.807, 2.05) is 6.92 Å². The third kappa shape index (κ3) is 6.66. The minimum atomic E-state index is 0.0613. The average molecular weight is 204 g/mol. The highest BCUT2D eigenvalue weighted by Crippen LogP contribution is 2.06. The Kier molecular flexibility index (Phi) is 7.83. The van der Waals surface area contributed by atoms with E-state index in [0.717, 1.165) is 24.1 Å². The van der Waals surface area contributed by atoms with Crippen molar-refractivity contribution in [1.29, 1.82) is 0 Å². The largest absolute Gasteiger partial charge is 0.468 e. The van der Waals surface area contributed by atoms with Gasteiger partial charge in [-0.15, -0.1) is 0 Å². The summed E-state index contributed by atoms with van der Waals surface area (Å²) in [6.45, 7) is 2.83. The topological polar surface area (TPSA) is 35.5 Å². The predicted octanol–water partition coefficient (Wildman–Crippen LogP) is 1.73. The van der Waals surface area contributed by atoms with Gasteiger partial charge in [0.2, 0.25) is 0 Å². The van der Waals surface area contributed by atoms with Gasteiger partial charge in [-0.3, -0.25) is 4.79 Å². The number of hydrogen-bond acceptors (Lipinski definition) is 4. The molecule has 0 aromatic heterocycles. The number of hydrogen-bond donors (Lipinski definition) is 0. The first kappa shape index (κ1) is 12.5. The molecule has 1 unspecified atom stereocenters. The molecule has 0 bridgehead atoms. The fourth-order valence-corrected chi connectivity index (χ4v) is 1.26. The van der Waals surface area contributed by atoms with Crippen molar-refractivity contribution in [2.45, 2.75) is 32.3 Å². The van der Waals surface area contributed by atoms with Gasteiger partial charge in [0.1, 0.15) is 0 Å². The lowest BCUT2D eigenvalue weighted by atomic mass is 10.1. The first-order valence-electron chi connectivity index (χ1n) is 4.31. The monoisotopic (exact) mass is 204 g/mol. The van der Waals surface area contributed by atoms with Crippen LogP contribution in [0.25, 0.3) is 0 Å². The van der Waals surface area contributed by atoms with Crippen LogP contribution >= 0.6 is 12.2 Å². The Morgan fingerprint density at radius 2 is 2.23 bits per heavy atom. The molecule has 0 amide bonds. The summed E-state index contributed by atoms with van der Waals surface area (Å²) in [4.78, 5) is 10.7. The second-order valence-electron chi connectivity index (χ2n) is 2.80. The molecule has 0 N–H and O–H groups in total. The van der Waals surface area contributed by atoms with Crippen LogP contribution in [0.4, 0.5) is 0 Å². The Morgan fingerprint density at radius 3 is 2.69 bits per heavy atom. The molecule has 0 aliphatic heterocycles. The van der Waals surface area contributed by atoms with Gasteiger partial charge < -0.3 is 9.47 Å². The second-order valence-corrected chi connectivity index (χ2v) is 3.44. The zero-order chi connectivity index (χ0) is 10.1. The van der Waals surface area contributed by atoms with Crippen molar-refractivity contribution < 1.29 is 14.3 Å². The maximum Gasteiger partial charge on any atom is 0.293 e. The highest BCUT2D eigenvalue weighted by Gasteiger charge is 2.08. The molecule has 0 fully saturated rings. The number of carbonyl (C=O) groups is 1. The third-order valence-corrected chi connectivity index (χ3v) is 2.05. The van der Waals surface area contributed by atoms with Gasteiger partial charge in [0, 0.05) is 12.0 Å². The van der Waals surface area contributed by atoms with Crippen molar-refractivity contribution in [2.75, 3.05) is 13.7 Å². The number of carbonyl (C=O) groups excluding carboxylic acids is 1. The van der Waals surface area contributed by atoms with Gasteiger partial charge in [-0.05, 0) is 26.2 Å². The number of rotatable bonds is 8. The quantitative estimate of drug-likeness (QED) is 0.343. The zero-order valence-electron chi connectivity index (χ0n) is 8.12. The number of methoxy groups -OCH3 is 1. The van der Waals surface area contributed by atoms with E-state index in [0.29, 0.717) is 13.1 Å². The lowest BCUT2D eigenvalue weighted by molar-refractivity contribution is -0.128. The maximum absolute atomic E-state index is 9.80. The van der Waals surface area contributed by atoms with Crippen LogP contribution < -0.4 is 0 Å². The molecule has 0 heterocycles. The molecule has 0 saturated carbocycles. The maximum atomic E-state index is 9.80. The van der Waals surface area contributed by atoms with Crippen molar-refractivity contribution in [3.63, 3.8) is 0 Å². The molecule has 1 atom stereocenters. The fourth-order valence-electron chi connectivity index (χ4n) is 1.05. The summed E-state index contributed by atoms with van der Waals surface area (Å²) in [6.07, 6.45) is 2.78. The molecule has 0 spiro atoms. The molecule has 0 rings (SSSR count). The molecule has 0 aromatic carbocycles. The molecular weight excluding hydrogens is 188 g/mol. The van der Waals surface area contributed by atoms with E-state index < -0.39 is 0 Å². The zero-order valence-corrected chi connectivity index (χ0v) is 8.93. The Labute approximate surface area is 84.4 Å². The van der Waals surface area contributed by atoms with E-state index in [4.69, 9.17) is 17.0 Å². The van der Waals surface area contributed by atoms with E-state index in [9.17, 15) is 4.79 Å². The van der Waals surface area contributed by atoms with Crippen molar-refractivity contribution in [2.24, 2.45) is 0 Å². The van der Waals surface area contributed by atoms with E-state index in [-0.39, 0.29) is 6.10 Å². The standard InChI is InChI=1S/C9H16O3S/c1-8(13)9(11-2)5-3-4-6-12-7-10/h7,9H,3-6H2,1-2H3. The number of ether oxygens (including phenoxy) is 2. The Morgan fingerprint density at radius 1 is 1.54 bits per heavy atom. The highest BCUT2D eigenvalue weighted by molar-refractivity contribution is 7.80. The lowest BCUT2D eigenvalue weighted by Gasteiger charge is -2.12. The van der Waals surface area contributed by atoms with Gasteiger partial charge in [-0.1, -0.05) is 12.2 Å². The van der Waals surface area contributed by atoms with Crippen LogP contribution in [0.3, 0.4) is 0 Å². The van der Waals surface area contributed by atoms with Crippen LogP contribution in [0.15, 0.2) is 0 Å². The Bertz CT molecular complexity index is 159. The van der Waals surface area contributed by atoms with E-state index >= 15 is 0 Å². The van der Waals surface area contributed by atoms with Crippen LogP contribution in [0.1, 0.15) is 26.2 Å². The Balaban J connectivity index is 3.38. The first-order valence-corrected chi connectivity index (χ1v) is 4.71. The minimum Gasteiger partial charge on any atom is -0.468 e. The van der Waals surface area contributed by atoms with Crippen molar-refractivity contribution >= 4 is 23.6 Å². The van der Waals surface area contributed by atoms with Crippen LogP contribution in [0, 0.1) is 0 Å². The van der Waals surface area contributed by atoms with Crippen LogP contribution in [0.2, 0.25) is 0 Å². The van der Waals surface area contributed by atoms with Gasteiger partial charge in [0.15, 0.2) is 0 Å². The average Bonchev–Trinajstić information content (AvgIpc) is 2.10. The van der Waals surface area contributed by atoms with Gasteiger partial charge in [-0.2, -0.15) is 0 Å². The smallest absolute Gasteiger partial charge is 0.293 e. The van der Waals surface area contributed by atoms with E-state index in [2.05, 4.69) is 4.74 Å². The van der Waals surface area contributed by atoms with Crippen LogP contribution in [-0.2, 0) is 14.3 Å². The van der Waals surface area contributed by atoms with Gasteiger partial charge in [0.05, 0.1) is 12.7 Å². The second kappa shape index (κ2) is 8.13. The molecule has 0 aliphatic carbocycles. The predicted molar refractivity (Wildman–Crippen MR) is 54.9 cm³/mol. The lowest BCUT2D eigenvalue weighted by Crippen LogP contribution is -2.18. The SMILES string of the molecule is COC(CCCCOC=O)C(C)=S. The van der Waals surface area contributed by atoms with Crippen LogP contribution in [0.5, 0.6) is 0 Å². The highest BCUT2D eigenvalue weighted by atomic mass is 32.1. The van der Waals surface area contributed by atoms with Crippen molar-refractivity contribution in [3.05, 3.63) is 0 Å². The first-order chi connectivity index (χ1) is 6.22. The van der Waals surface area contributed by atoms with Gasteiger partial charge in [-0.25, -0.2) is 0 Å². The summed E-state index contributed by atoms with van der Waals surface area (Å²) in [5.41, 5.74) is 0. The normalized spacial score (nSPS) is 12.2. The van der Waals surface area contributed by atoms with Gasteiger partial charge in [0.25, 0.3) is 6.47 Å².